The maximum absolute atomic E-state index is 10.4. The van der Waals surface area contributed by atoms with Gasteiger partial charge in [-0.15, -0.1) is 0 Å². The van der Waals surface area contributed by atoms with E-state index in [1.807, 2.05) is 0 Å². The number of hydrogen-bond acceptors (Lipinski definition) is 2. The van der Waals surface area contributed by atoms with Crippen LogP contribution in [0.3, 0.4) is 0 Å². The monoisotopic (exact) mass is 142 g/mol. The van der Waals surface area contributed by atoms with E-state index in [-0.39, 0.29) is 11.7 Å². The Balaban J connectivity index is 3.58. The van der Waals surface area contributed by atoms with Gasteiger partial charge in [0.2, 0.25) is 0 Å². The summed E-state index contributed by atoms with van der Waals surface area (Å²) >= 11 is 0. The second kappa shape index (κ2) is 4.09. The molecule has 0 N–H and O–H groups in total. The molecule has 0 aromatic heterocycles. The molecule has 0 amide bonds. The van der Waals surface area contributed by atoms with Gasteiger partial charge in [0.1, 0.15) is 0 Å². The van der Waals surface area contributed by atoms with Gasteiger partial charge in [0, 0.05) is 6.08 Å². The van der Waals surface area contributed by atoms with Gasteiger partial charge >= 0.3 is 5.97 Å². The summed E-state index contributed by atoms with van der Waals surface area (Å²) in [5.41, 5.74) is -0.0875. The minimum Gasteiger partial charge on any atom is -0.460 e. The van der Waals surface area contributed by atoms with Crippen LogP contribution in [0, 0.1) is 0 Å². The Morgan fingerprint density at radius 3 is 2.56 bits per heavy atom. The first-order valence-electron chi connectivity index (χ1n) is 2.66. The molecule has 0 radical (unpaired) electrons. The molecular formula is C6H10O2Si. The second-order valence-corrected chi connectivity index (χ2v) is 2.72. The molecule has 0 saturated heterocycles. The summed E-state index contributed by atoms with van der Waals surface area (Å²) in [6.07, 6.45) is 2.75. The number of ether oxygens (including phenoxy) is 1. The van der Waals surface area contributed by atoms with Gasteiger partial charge in [-0.25, -0.2) is 4.79 Å². The zero-order chi connectivity index (χ0) is 7.28. The molecule has 0 aromatic rings. The fraction of sp³-hybridized carbons (Fsp3) is 0.167. The van der Waals surface area contributed by atoms with Crippen LogP contribution in [-0.4, -0.2) is 21.9 Å². The number of carbonyl (C=O) groups is 1. The normalized spacial score (nSPS) is 12.0. The standard InChI is InChI=1S/C6H10O2Si/c1-3-5(7)8-6(9)4-2/h3-4,6H,1-2H2,9H3. The Bertz CT molecular complexity index is 131. The Hall–Kier alpha value is -0.833. The summed E-state index contributed by atoms with van der Waals surface area (Å²) in [6.45, 7) is 6.73. The number of hydrogen-bond donors (Lipinski definition) is 0. The lowest BCUT2D eigenvalue weighted by Crippen LogP contribution is -2.13. The largest absolute Gasteiger partial charge is 0.460 e. The van der Waals surface area contributed by atoms with Crippen molar-refractivity contribution in [2.24, 2.45) is 0 Å². The van der Waals surface area contributed by atoms with Crippen molar-refractivity contribution in [2.75, 3.05) is 0 Å². The molecule has 0 aliphatic rings. The van der Waals surface area contributed by atoms with Gasteiger partial charge in [-0.05, 0) is 0 Å². The Labute approximate surface area is 57.6 Å². The average Bonchev–Trinajstić information content (AvgIpc) is 1.87. The predicted octanol–water partition coefficient (Wildman–Crippen LogP) is -0.407. The zero-order valence-corrected chi connectivity index (χ0v) is 7.46. The molecule has 1 unspecified atom stereocenters. The molecule has 0 rings (SSSR count). The highest BCUT2D eigenvalue weighted by Gasteiger charge is 1.98. The van der Waals surface area contributed by atoms with E-state index in [0.29, 0.717) is 0 Å². The lowest BCUT2D eigenvalue weighted by molar-refractivity contribution is -0.138. The van der Waals surface area contributed by atoms with Crippen LogP contribution in [-0.2, 0) is 9.53 Å². The first kappa shape index (κ1) is 8.17. The lowest BCUT2D eigenvalue weighted by Gasteiger charge is -2.04. The quantitative estimate of drug-likeness (QED) is 0.232. The first-order valence-corrected chi connectivity index (χ1v) is 3.81. The Kier molecular flexibility index (Phi) is 3.71. The topological polar surface area (TPSA) is 26.3 Å². The summed E-state index contributed by atoms with van der Waals surface area (Å²) < 4.78 is 4.74. The van der Waals surface area contributed by atoms with E-state index in [1.54, 1.807) is 6.08 Å². The van der Waals surface area contributed by atoms with Gasteiger partial charge in [0.05, 0.1) is 16.0 Å². The molecule has 1 atom stereocenters. The van der Waals surface area contributed by atoms with Crippen molar-refractivity contribution >= 4 is 16.2 Å². The third-order valence-electron chi connectivity index (χ3n) is 0.801. The summed E-state index contributed by atoms with van der Waals surface area (Å²) in [4.78, 5) is 10.4. The highest BCUT2D eigenvalue weighted by molar-refractivity contribution is 6.13. The molecule has 0 fully saturated rings. The van der Waals surface area contributed by atoms with Gasteiger partial charge < -0.3 is 4.74 Å². The van der Waals surface area contributed by atoms with Crippen LogP contribution in [0.15, 0.2) is 25.3 Å². The van der Waals surface area contributed by atoms with Crippen LogP contribution in [0.4, 0.5) is 0 Å². The molecule has 0 bridgehead atoms. The molecule has 0 heterocycles. The second-order valence-electron chi connectivity index (χ2n) is 1.58. The molecule has 50 valence electrons. The van der Waals surface area contributed by atoms with E-state index in [9.17, 15) is 4.79 Å². The SMILES string of the molecule is C=CC(=O)OC([SiH3])C=C. The predicted molar refractivity (Wildman–Crippen MR) is 40.2 cm³/mol. The molecule has 0 saturated carbocycles. The number of esters is 1. The summed E-state index contributed by atoms with van der Waals surface area (Å²) in [7, 11) is 0.783. The fourth-order valence-corrected chi connectivity index (χ4v) is 0.512. The van der Waals surface area contributed by atoms with E-state index in [2.05, 4.69) is 13.2 Å². The van der Waals surface area contributed by atoms with Gasteiger partial charge in [0.15, 0.2) is 0 Å². The minimum absolute atomic E-state index is 0.0875. The van der Waals surface area contributed by atoms with Crippen LogP contribution < -0.4 is 0 Å². The Morgan fingerprint density at radius 2 is 2.22 bits per heavy atom. The number of rotatable bonds is 3. The molecule has 2 nitrogen and oxygen atoms in total. The van der Waals surface area contributed by atoms with Crippen LogP contribution in [0.1, 0.15) is 0 Å². The maximum Gasteiger partial charge on any atom is 0.330 e. The van der Waals surface area contributed by atoms with Gasteiger partial charge in [0.25, 0.3) is 0 Å². The molecule has 0 aromatic carbocycles. The minimum atomic E-state index is -0.380. The van der Waals surface area contributed by atoms with Crippen molar-refractivity contribution in [3.8, 4) is 0 Å². The molecule has 0 spiro atoms. The van der Waals surface area contributed by atoms with Crippen molar-refractivity contribution in [3.05, 3.63) is 25.3 Å². The third kappa shape index (κ3) is 3.73. The highest BCUT2D eigenvalue weighted by atomic mass is 28.1. The summed E-state index contributed by atoms with van der Waals surface area (Å²) in [6, 6.07) is 0. The molecule has 0 aliphatic heterocycles. The van der Waals surface area contributed by atoms with Gasteiger partial charge in [-0.1, -0.05) is 19.2 Å². The van der Waals surface area contributed by atoms with Gasteiger partial charge in [-0.2, -0.15) is 0 Å². The first-order chi connectivity index (χ1) is 4.20. The van der Waals surface area contributed by atoms with E-state index >= 15 is 0 Å². The van der Waals surface area contributed by atoms with Crippen LogP contribution in [0.2, 0.25) is 0 Å². The van der Waals surface area contributed by atoms with Crippen LogP contribution >= 0.6 is 0 Å². The zero-order valence-electron chi connectivity index (χ0n) is 5.46. The highest BCUT2D eigenvalue weighted by Crippen LogP contribution is 1.87. The van der Waals surface area contributed by atoms with E-state index in [1.165, 1.54) is 0 Å². The third-order valence-corrected chi connectivity index (χ3v) is 1.51. The molecular weight excluding hydrogens is 132 g/mol. The number of carbonyl (C=O) groups excluding carboxylic acids is 1. The lowest BCUT2D eigenvalue weighted by atomic mass is 10.6. The molecule has 3 heteroatoms. The average molecular weight is 142 g/mol. The van der Waals surface area contributed by atoms with Crippen LogP contribution in [0.25, 0.3) is 0 Å². The van der Waals surface area contributed by atoms with E-state index in [0.717, 1.165) is 16.3 Å². The molecule has 0 aliphatic carbocycles. The van der Waals surface area contributed by atoms with Crippen molar-refractivity contribution in [1.82, 2.24) is 0 Å². The maximum atomic E-state index is 10.4. The van der Waals surface area contributed by atoms with Crippen molar-refractivity contribution in [1.29, 1.82) is 0 Å². The fourth-order valence-electron chi connectivity index (χ4n) is 0.279. The molecule has 9 heavy (non-hydrogen) atoms. The van der Waals surface area contributed by atoms with Crippen molar-refractivity contribution in [2.45, 2.75) is 5.73 Å². The smallest absolute Gasteiger partial charge is 0.330 e. The summed E-state index contributed by atoms with van der Waals surface area (Å²) in [5, 5.41) is 0. The van der Waals surface area contributed by atoms with E-state index in [4.69, 9.17) is 4.74 Å². The Morgan fingerprint density at radius 1 is 1.67 bits per heavy atom. The van der Waals surface area contributed by atoms with Crippen molar-refractivity contribution in [3.63, 3.8) is 0 Å². The van der Waals surface area contributed by atoms with Crippen molar-refractivity contribution < 1.29 is 9.53 Å². The summed E-state index contributed by atoms with van der Waals surface area (Å²) in [5.74, 6) is -0.380. The van der Waals surface area contributed by atoms with E-state index < -0.39 is 0 Å². The van der Waals surface area contributed by atoms with Crippen LogP contribution in [0.5, 0.6) is 0 Å². The van der Waals surface area contributed by atoms with Gasteiger partial charge in [-0.3, -0.25) is 0 Å².